The summed E-state index contributed by atoms with van der Waals surface area (Å²) >= 11 is 0. The molecule has 1 aromatic rings. The molecule has 0 aliphatic rings. The number of unbranched alkanes of at least 4 members (excludes halogenated alkanes) is 6. The number of phenols is 1. The number of aldehydes is 1. The van der Waals surface area contributed by atoms with Gasteiger partial charge in [-0.3, -0.25) is 4.79 Å². The van der Waals surface area contributed by atoms with Crippen LogP contribution < -0.4 is 0 Å². The Bertz CT molecular complexity index is 381. The van der Waals surface area contributed by atoms with E-state index >= 15 is 0 Å². The van der Waals surface area contributed by atoms with Crippen molar-refractivity contribution < 1.29 is 14.7 Å². The number of Topliss-reactive ketones (excluding diaryl/α,β-unsaturated/α-hetero) is 1. The Kier molecular flexibility index (Phi) is 7.56. The fraction of sp³-hybridized carbons (Fsp3) is 0.500. The van der Waals surface area contributed by atoms with E-state index in [0.29, 0.717) is 18.4 Å². The Morgan fingerprint density at radius 2 is 1.53 bits per heavy atom. The van der Waals surface area contributed by atoms with Crippen LogP contribution in [0.3, 0.4) is 0 Å². The highest BCUT2D eigenvalue weighted by Gasteiger charge is 2.05. The molecule has 0 radical (unpaired) electrons. The molecule has 0 aromatic heterocycles. The van der Waals surface area contributed by atoms with Gasteiger partial charge in [0, 0.05) is 18.4 Å². The van der Waals surface area contributed by atoms with Gasteiger partial charge in [0.15, 0.2) is 5.78 Å². The lowest BCUT2D eigenvalue weighted by atomic mass is 10.0. The molecule has 19 heavy (non-hydrogen) atoms. The lowest BCUT2D eigenvalue weighted by molar-refractivity contribution is -0.107. The number of carbonyl (C=O) groups is 2. The third kappa shape index (κ3) is 6.75. The summed E-state index contributed by atoms with van der Waals surface area (Å²) in [5.74, 6) is 0.327. The monoisotopic (exact) mass is 262 g/mol. The summed E-state index contributed by atoms with van der Waals surface area (Å²) in [7, 11) is 0. The largest absolute Gasteiger partial charge is 0.508 e. The summed E-state index contributed by atoms with van der Waals surface area (Å²) in [5, 5.41) is 9.14. The van der Waals surface area contributed by atoms with E-state index in [1.807, 2.05) is 0 Å². The van der Waals surface area contributed by atoms with E-state index in [9.17, 15) is 9.59 Å². The first-order valence-electron chi connectivity index (χ1n) is 7.00. The van der Waals surface area contributed by atoms with E-state index in [4.69, 9.17) is 5.11 Å². The van der Waals surface area contributed by atoms with Crippen molar-refractivity contribution in [1.82, 2.24) is 0 Å². The number of rotatable bonds is 10. The second kappa shape index (κ2) is 9.31. The van der Waals surface area contributed by atoms with Crippen LogP contribution in [0.4, 0.5) is 0 Å². The van der Waals surface area contributed by atoms with Gasteiger partial charge in [0.1, 0.15) is 12.0 Å². The Morgan fingerprint density at radius 1 is 0.947 bits per heavy atom. The van der Waals surface area contributed by atoms with Crippen molar-refractivity contribution in [1.29, 1.82) is 0 Å². The molecule has 0 unspecified atom stereocenters. The highest BCUT2D eigenvalue weighted by atomic mass is 16.3. The molecule has 0 fully saturated rings. The van der Waals surface area contributed by atoms with Gasteiger partial charge >= 0.3 is 0 Å². The number of aromatic hydroxyl groups is 1. The highest BCUT2D eigenvalue weighted by molar-refractivity contribution is 5.96. The molecule has 1 N–H and O–H groups in total. The van der Waals surface area contributed by atoms with Crippen LogP contribution in [0.15, 0.2) is 24.3 Å². The number of hydrogen-bond acceptors (Lipinski definition) is 3. The summed E-state index contributed by atoms with van der Waals surface area (Å²) in [6.07, 6.45) is 8.52. The minimum absolute atomic E-state index is 0.140. The number of phenolic OH excluding ortho intramolecular Hbond substituents is 1. The van der Waals surface area contributed by atoms with Gasteiger partial charge in [-0.25, -0.2) is 0 Å². The molecule has 104 valence electrons. The Morgan fingerprint density at radius 3 is 2.16 bits per heavy atom. The second-order valence-corrected chi connectivity index (χ2v) is 4.80. The number of carbonyl (C=O) groups excluding carboxylic acids is 2. The smallest absolute Gasteiger partial charge is 0.162 e. The average Bonchev–Trinajstić information content (AvgIpc) is 2.42. The molecule has 1 rings (SSSR count). The zero-order valence-electron chi connectivity index (χ0n) is 11.3. The lowest BCUT2D eigenvalue weighted by Gasteiger charge is -2.02. The Labute approximate surface area is 114 Å². The predicted molar refractivity (Wildman–Crippen MR) is 75.4 cm³/mol. The van der Waals surface area contributed by atoms with Crippen LogP contribution in [0.2, 0.25) is 0 Å². The molecule has 0 amide bonds. The van der Waals surface area contributed by atoms with E-state index in [1.54, 1.807) is 24.3 Å². The fourth-order valence-corrected chi connectivity index (χ4v) is 2.01. The molecule has 0 aliphatic heterocycles. The summed E-state index contributed by atoms with van der Waals surface area (Å²) in [4.78, 5) is 21.9. The molecular weight excluding hydrogens is 240 g/mol. The molecule has 3 nitrogen and oxygen atoms in total. The molecule has 0 spiro atoms. The van der Waals surface area contributed by atoms with E-state index in [0.717, 1.165) is 44.8 Å². The van der Waals surface area contributed by atoms with Crippen LogP contribution in [0.5, 0.6) is 5.75 Å². The normalized spacial score (nSPS) is 10.3. The van der Waals surface area contributed by atoms with Crippen LogP contribution in [-0.2, 0) is 4.79 Å². The summed E-state index contributed by atoms with van der Waals surface area (Å²) in [6.45, 7) is 0. The standard InChI is InChI=1S/C16H22O3/c17-13-7-5-3-1-2-4-6-8-16(19)14-9-11-15(18)12-10-14/h9-13,18H,1-8H2. The minimum atomic E-state index is 0.140. The molecule has 3 heteroatoms. The van der Waals surface area contributed by atoms with Crippen molar-refractivity contribution in [3.05, 3.63) is 29.8 Å². The van der Waals surface area contributed by atoms with E-state index in [2.05, 4.69) is 0 Å². The molecule has 0 atom stereocenters. The fourth-order valence-electron chi connectivity index (χ4n) is 2.01. The summed E-state index contributed by atoms with van der Waals surface area (Å²) < 4.78 is 0. The first-order chi connectivity index (χ1) is 9.24. The van der Waals surface area contributed by atoms with Crippen molar-refractivity contribution >= 4 is 12.1 Å². The first-order valence-corrected chi connectivity index (χ1v) is 7.00. The molecular formula is C16H22O3. The molecule has 0 aliphatic carbocycles. The van der Waals surface area contributed by atoms with Crippen molar-refractivity contribution in [2.24, 2.45) is 0 Å². The van der Waals surface area contributed by atoms with E-state index in [1.165, 1.54) is 0 Å². The Balaban J connectivity index is 2.07. The van der Waals surface area contributed by atoms with Gasteiger partial charge in [-0.2, -0.15) is 0 Å². The second-order valence-electron chi connectivity index (χ2n) is 4.80. The highest BCUT2D eigenvalue weighted by Crippen LogP contribution is 2.14. The molecule has 0 saturated carbocycles. The zero-order chi connectivity index (χ0) is 13.9. The summed E-state index contributed by atoms with van der Waals surface area (Å²) in [5.41, 5.74) is 0.670. The van der Waals surface area contributed by atoms with Crippen molar-refractivity contribution in [2.45, 2.75) is 51.4 Å². The average molecular weight is 262 g/mol. The number of hydrogen-bond donors (Lipinski definition) is 1. The molecule has 1 aromatic carbocycles. The van der Waals surface area contributed by atoms with E-state index in [-0.39, 0.29) is 11.5 Å². The van der Waals surface area contributed by atoms with Crippen molar-refractivity contribution in [3.63, 3.8) is 0 Å². The van der Waals surface area contributed by atoms with Gasteiger partial charge in [-0.15, -0.1) is 0 Å². The van der Waals surface area contributed by atoms with Crippen molar-refractivity contribution in [3.8, 4) is 5.75 Å². The van der Waals surface area contributed by atoms with Gasteiger partial charge in [0.05, 0.1) is 0 Å². The van der Waals surface area contributed by atoms with Gasteiger partial charge in [0.2, 0.25) is 0 Å². The summed E-state index contributed by atoms with van der Waals surface area (Å²) in [6, 6.07) is 6.41. The van der Waals surface area contributed by atoms with Crippen LogP contribution in [0, 0.1) is 0 Å². The van der Waals surface area contributed by atoms with Crippen LogP contribution in [0.1, 0.15) is 61.7 Å². The van der Waals surface area contributed by atoms with Gasteiger partial charge in [0.25, 0.3) is 0 Å². The molecule has 0 bridgehead atoms. The third-order valence-electron chi connectivity index (χ3n) is 3.17. The number of ketones is 1. The first kappa shape index (κ1) is 15.4. The van der Waals surface area contributed by atoms with Crippen LogP contribution in [-0.4, -0.2) is 17.2 Å². The number of benzene rings is 1. The van der Waals surface area contributed by atoms with E-state index < -0.39 is 0 Å². The van der Waals surface area contributed by atoms with Crippen LogP contribution >= 0.6 is 0 Å². The molecule has 0 heterocycles. The van der Waals surface area contributed by atoms with Gasteiger partial charge < -0.3 is 9.90 Å². The third-order valence-corrected chi connectivity index (χ3v) is 3.17. The maximum Gasteiger partial charge on any atom is 0.162 e. The predicted octanol–water partition coefficient (Wildman–Crippen LogP) is 3.89. The SMILES string of the molecule is O=CCCCCCCCCC(=O)c1ccc(O)cc1. The van der Waals surface area contributed by atoms with Crippen molar-refractivity contribution in [2.75, 3.05) is 0 Å². The molecule has 0 saturated heterocycles. The maximum atomic E-state index is 11.8. The van der Waals surface area contributed by atoms with Crippen LogP contribution in [0.25, 0.3) is 0 Å². The lowest BCUT2D eigenvalue weighted by Crippen LogP contribution is -1.98. The van der Waals surface area contributed by atoms with Gasteiger partial charge in [-0.05, 0) is 37.1 Å². The zero-order valence-corrected chi connectivity index (χ0v) is 11.3. The quantitative estimate of drug-likeness (QED) is 0.395. The minimum Gasteiger partial charge on any atom is -0.508 e. The Hall–Kier alpha value is -1.64. The van der Waals surface area contributed by atoms with Gasteiger partial charge in [-0.1, -0.05) is 25.7 Å². The maximum absolute atomic E-state index is 11.8. The topological polar surface area (TPSA) is 54.4 Å².